The lowest BCUT2D eigenvalue weighted by molar-refractivity contribution is 0.481. The number of nitrogens with zero attached hydrogens (tertiary/aromatic N) is 1. The molecule has 5 nitrogen and oxygen atoms in total. The van der Waals surface area contributed by atoms with E-state index in [4.69, 9.17) is 10.2 Å². The molecule has 0 spiro atoms. The van der Waals surface area contributed by atoms with Crippen LogP contribution in [-0.4, -0.2) is 10.1 Å². The first-order chi connectivity index (χ1) is 10.1. The van der Waals surface area contributed by atoms with E-state index in [-0.39, 0.29) is 11.2 Å². The highest BCUT2D eigenvalue weighted by molar-refractivity contribution is 6.07. The summed E-state index contributed by atoms with van der Waals surface area (Å²) in [6.45, 7) is 0. The minimum absolute atomic E-state index is 0.0475. The van der Waals surface area contributed by atoms with Crippen LogP contribution in [0.4, 0.5) is 5.69 Å². The van der Waals surface area contributed by atoms with Crippen LogP contribution in [0.3, 0.4) is 0 Å². The lowest BCUT2D eigenvalue weighted by Crippen LogP contribution is -1.96. The van der Waals surface area contributed by atoms with Crippen molar-refractivity contribution in [3.63, 3.8) is 0 Å². The van der Waals surface area contributed by atoms with E-state index in [0.29, 0.717) is 38.7 Å². The van der Waals surface area contributed by atoms with Crippen LogP contribution in [0.25, 0.3) is 33.0 Å². The van der Waals surface area contributed by atoms with Crippen molar-refractivity contribution in [1.29, 1.82) is 0 Å². The van der Waals surface area contributed by atoms with E-state index in [0.717, 1.165) is 0 Å². The van der Waals surface area contributed by atoms with Crippen LogP contribution in [0.1, 0.15) is 0 Å². The van der Waals surface area contributed by atoms with E-state index in [1.807, 2.05) is 0 Å². The highest BCUT2D eigenvalue weighted by Gasteiger charge is 2.11. The fraction of sp³-hybridized carbons (Fsp3) is 0. The van der Waals surface area contributed by atoms with Crippen molar-refractivity contribution in [2.45, 2.75) is 0 Å². The number of aromatic nitrogens is 1. The molecule has 102 valence electrons. The summed E-state index contributed by atoms with van der Waals surface area (Å²) in [6, 6.07) is 11.1. The number of benzene rings is 3. The van der Waals surface area contributed by atoms with Crippen molar-refractivity contribution in [2.75, 3.05) is 5.73 Å². The molecule has 0 amide bonds. The first kappa shape index (κ1) is 11.7. The summed E-state index contributed by atoms with van der Waals surface area (Å²) < 4.78 is 5.75. The van der Waals surface area contributed by atoms with Gasteiger partial charge in [-0.3, -0.25) is 4.79 Å². The predicted molar refractivity (Wildman–Crippen MR) is 81.4 cm³/mol. The van der Waals surface area contributed by atoms with E-state index in [9.17, 15) is 9.90 Å². The Hall–Kier alpha value is -3.08. The lowest BCUT2D eigenvalue weighted by Gasteiger charge is -2.06. The molecule has 0 aliphatic rings. The molecule has 3 aromatic carbocycles. The molecule has 0 saturated heterocycles. The van der Waals surface area contributed by atoms with Gasteiger partial charge in [-0.05, 0) is 30.3 Å². The maximum Gasteiger partial charge on any atom is 0.179 e. The van der Waals surface area contributed by atoms with Crippen molar-refractivity contribution in [1.82, 2.24) is 4.98 Å². The van der Waals surface area contributed by atoms with Crippen LogP contribution in [0.2, 0.25) is 0 Å². The summed E-state index contributed by atoms with van der Waals surface area (Å²) in [7, 11) is 0. The molecule has 0 fully saturated rings. The Morgan fingerprint density at radius 2 is 1.86 bits per heavy atom. The highest BCUT2D eigenvalue weighted by Crippen LogP contribution is 2.32. The molecule has 21 heavy (non-hydrogen) atoms. The fourth-order valence-corrected chi connectivity index (χ4v) is 2.48. The summed E-state index contributed by atoms with van der Waals surface area (Å²) in [5, 5.41) is 11.2. The second kappa shape index (κ2) is 3.96. The second-order valence-corrected chi connectivity index (χ2v) is 4.89. The zero-order valence-electron chi connectivity index (χ0n) is 10.8. The zero-order valence-corrected chi connectivity index (χ0v) is 10.8. The third kappa shape index (κ3) is 1.71. The SMILES string of the molecule is Nc1ccc2nc3c(cc(O)c4ccc(=O)cc43)oc2c1. The van der Waals surface area contributed by atoms with Crippen molar-refractivity contribution >= 4 is 38.7 Å². The summed E-state index contributed by atoms with van der Waals surface area (Å²) >= 11 is 0. The Kier molecular flexibility index (Phi) is 2.21. The highest BCUT2D eigenvalue weighted by atomic mass is 16.3. The van der Waals surface area contributed by atoms with Gasteiger partial charge < -0.3 is 15.3 Å². The van der Waals surface area contributed by atoms with Gasteiger partial charge in [0.1, 0.15) is 16.8 Å². The van der Waals surface area contributed by atoms with Gasteiger partial charge in [0.15, 0.2) is 16.6 Å². The van der Waals surface area contributed by atoms with E-state index in [1.165, 1.54) is 18.2 Å². The van der Waals surface area contributed by atoms with E-state index in [2.05, 4.69) is 4.98 Å². The lowest BCUT2D eigenvalue weighted by atomic mass is 10.1. The molecule has 1 heterocycles. The molecule has 4 aromatic rings. The largest absolute Gasteiger partial charge is 0.507 e. The molecule has 0 aliphatic heterocycles. The van der Waals surface area contributed by atoms with E-state index >= 15 is 0 Å². The predicted octanol–water partition coefficient (Wildman–Crippen LogP) is 2.78. The van der Waals surface area contributed by atoms with Crippen LogP contribution < -0.4 is 11.2 Å². The average Bonchev–Trinajstić information content (AvgIpc) is 2.45. The van der Waals surface area contributed by atoms with Crippen molar-refractivity contribution in [2.24, 2.45) is 0 Å². The topological polar surface area (TPSA) is 89.4 Å². The summed E-state index contributed by atoms with van der Waals surface area (Å²) in [5.74, 6) is 0.0475. The van der Waals surface area contributed by atoms with Crippen molar-refractivity contribution in [3.8, 4) is 5.75 Å². The van der Waals surface area contributed by atoms with Crippen molar-refractivity contribution in [3.05, 3.63) is 52.7 Å². The quantitative estimate of drug-likeness (QED) is 0.293. The first-order valence-corrected chi connectivity index (χ1v) is 6.38. The third-order valence-corrected chi connectivity index (χ3v) is 3.46. The molecule has 1 aromatic heterocycles. The number of anilines is 1. The van der Waals surface area contributed by atoms with Crippen molar-refractivity contribution < 1.29 is 9.52 Å². The van der Waals surface area contributed by atoms with Gasteiger partial charge in [-0.25, -0.2) is 4.98 Å². The maximum atomic E-state index is 11.6. The van der Waals surface area contributed by atoms with Gasteiger partial charge in [0, 0.05) is 28.6 Å². The molecule has 0 atom stereocenters. The normalized spacial score (nSPS) is 11.4. The Bertz CT molecular complexity index is 1080. The number of rotatable bonds is 0. The summed E-state index contributed by atoms with van der Waals surface area (Å²) in [4.78, 5) is 16.1. The molecule has 5 heteroatoms. The molecular weight excluding hydrogens is 268 g/mol. The maximum absolute atomic E-state index is 11.6. The van der Waals surface area contributed by atoms with Crippen LogP contribution >= 0.6 is 0 Å². The van der Waals surface area contributed by atoms with Gasteiger partial charge in [0.05, 0.1) is 0 Å². The van der Waals surface area contributed by atoms with Gasteiger partial charge in [-0.15, -0.1) is 0 Å². The molecule has 0 radical (unpaired) electrons. The van der Waals surface area contributed by atoms with Crippen LogP contribution in [0.15, 0.2) is 51.7 Å². The van der Waals surface area contributed by atoms with Crippen LogP contribution in [-0.2, 0) is 0 Å². The first-order valence-electron chi connectivity index (χ1n) is 6.38. The van der Waals surface area contributed by atoms with E-state index in [1.54, 1.807) is 24.3 Å². The molecule has 0 unspecified atom stereocenters. The number of nitrogen functional groups attached to an aromatic ring is 1. The number of aromatic hydroxyl groups is 1. The summed E-state index contributed by atoms with van der Waals surface area (Å²) in [6.07, 6.45) is 0. The number of hydrogen-bond donors (Lipinski definition) is 2. The van der Waals surface area contributed by atoms with Crippen LogP contribution in [0, 0.1) is 0 Å². The molecule has 3 N–H and O–H groups in total. The molecule has 0 bridgehead atoms. The Balaban J connectivity index is 2.26. The number of phenolic OH excluding ortho intramolecular Hbond substituents is 1. The Morgan fingerprint density at radius 3 is 2.71 bits per heavy atom. The minimum Gasteiger partial charge on any atom is -0.507 e. The second-order valence-electron chi connectivity index (χ2n) is 4.89. The smallest absolute Gasteiger partial charge is 0.179 e. The van der Waals surface area contributed by atoms with Gasteiger partial charge >= 0.3 is 0 Å². The van der Waals surface area contributed by atoms with Crippen LogP contribution in [0.5, 0.6) is 5.75 Å². The number of fused-ring (bicyclic) bond motifs is 4. The molecule has 0 aliphatic carbocycles. The monoisotopic (exact) mass is 278 g/mol. The Labute approximate surface area is 118 Å². The van der Waals surface area contributed by atoms with Gasteiger partial charge in [0.25, 0.3) is 0 Å². The standard InChI is InChI=1S/C16H10N2O3/c17-8-1-4-12-14(5-8)21-15-7-13(20)10-3-2-9(19)6-11(10)16(15)18-12/h1-7,20H,17H2. The molecule has 0 saturated carbocycles. The molecule has 4 rings (SSSR count). The van der Waals surface area contributed by atoms with Gasteiger partial charge in [-0.1, -0.05) is 0 Å². The number of hydrogen-bond acceptors (Lipinski definition) is 5. The minimum atomic E-state index is -0.145. The summed E-state index contributed by atoms with van der Waals surface area (Å²) in [5.41, 5.74) is 8.27. The zero-order chi connectivity index (χ0) is 14.6. The average molecular weight is 278 g/mol. The fourth-order valence-electron chi connectivity index (χ4n) is 2.48. The van der Waals surface area contributed by atoms with Gasteiger partial charge in [0.2, 0.25) is 0 Å². The third-order valence-electron chi connectivity index (χ3n) is 3.46. The number of phenols is 1. The number of nitrogens with two attached hydrogens (primary N) is 1. The molecular formula is C16H10N2O3. The van der Waals surface area contributed by atoms with Gasteiger partial charge in [-0.2, -0.15) is 0 Å². The van der Waals surface area contributed by atoms with E-state index < -0.39 is 0 Å². The Morgan fingerprint density at radius 1 is 1.00 bits per heavy atom.